The zero-order valence-corrected chi connectivity index (χ0v) is 9.24. The SMILES string of the molecule is CCCC1CCCCC1.[N-]=C=O.[N-]=C=O. The van der Waals surface area contributed by atoms with Crippen LogP contribution in [0.4, 0.5) is 0 Å². The fraction of sp³-hybridized carbons (Fsp3) is 0.818. The summed E-state index contributed by atoms with van der Waals surface area (Å²) in [5.41, 5.74) is 0. The summed E-state index contributed by atoms with van der Waals surface area (Å²) in [5, 5.41) is 13.5. The largest absolute Gasteiger partial charge is 0.724 e. The van der Waals surface area contributed by atoms with E-state index in [1.807, 2.05) is 0 Å². The number of carbonyl (C=O) groups excluding carboxylic acids is 2. The van der Waals surface area contributed by atoms with Crippen molar-refractivity contribution in [3.8, 4) is 0 Å². The minimum Gasteiger partial charge on any atom is -0.724 e. The van der Waals surface area contributed by atoms with E-state index in [4.69, 9.17) is 20.4 Å². The first kappa shape index (κ1) is 16.2. The van der Waals surface area contributed by atoms with Gasteiger partial charge < -0.3 is 10.8 Å². The molecule has 0 unspecified atom stereocenters. The highest BCUT2D eigenvalue weighted by atomic mass is 16.1. The van der Waals surface area contributed by atoms with Gasteiger partial charge in [0.25, 0.3) is 0 Å². The molecule has 0 heterocycles. The molecule has 86 valence electrons. The lowest BCUT2D eigenvalue weighted by molar-refractivity contribution is 0.336. The van der Waals surface area contributed by atoms with Gasteiger partial charge in [0.1, 0.15) is 0 Å². The smallest absolute Gasteiger partial charge is 0.0159 e. The summed E-state index contributed by atoms with van der Waals surface area (Å²) in [6, 6.07) is 0. The molecule has 1 aliphatic carbocycles. The molecule has 0 aromatic rings. The molecule has 0 aromatic carbocycles. The number of hydrogen-bond acceptors (Lipinski definition) is 2. The van der Waals surface area contributed by atoms with Gasteiger partial charge in [-0.3, -0.25) is 9.59 Å². The summed E-state index contributed by atoms with van der Waals surface area (Å²) in [5.74, 6) is 1.10. The van der Waals surface area contributed by atoms with Crippen molar-refractivity contribution in [1.29, 1.82) is 0 Å². The molecule has 0 amide bonds. The van der Waals surface area contributed by atoms with E-state index >= 15 is 0 Å². The second-order valence-electron chi connectivity index (χ2n) is 3.48. The average molecular weight is 210 g/mol. The number of rotatable bonds is 2. The van der Waals surface area contributed by atoms with Gasteiger partial charge >= 0.3 is 0 Å². The summed E-state index contributed by atoms with van der Waals surface area (Å²) in [6.45, 7) is 2.30. The molecule has 0 aliphatic heterocycles. The minimum absolute atomic E-state index is 0.500. The molecule has 1 fully saturated rings. The first-order valence-electron chi connectivity index (χ1n) is 5.29. The second-order valence-corrected chi connectivity index (χ2v) is 3.48. The Bertz CT molecular complexity index is 172. The van der Waals surface area contributed by atoms with Gasteiger partial charge in [-0.05, 0) is 18.1 Å². The van der Waals surface area contributed by atoms with Crippen LogP contribution in [0, 0.1) is 5.92 Å². The molecule has 0 N–H and O–H groups in total. The van der Waals surface area contributed by atoms with Crippen LogP contribution >= 0.6 is 0 Å². The Morgan fingerprint density at radius 1 is 1.07 bits per heavy atom. The molecule has 4 nitrogen and oxygen atoms in total. The Labute approximate surface area is 91.1 Å². The van der Waals surface area contributed by atoms with Crippen molar-refractivity contribution in [3.05, 3.63) is 10.8 Å². The van der Waals surface area contributed by atoms with Gasteiger partial charge in [-0.25, -0.2) is 0 Å². The van der Waals surface area contributed by atoms with Gasteiger partial charge in [-0.1, -0.05) is 51.9 Å². The average Bonchev–Trinajstić information content (AvgIpc) is 2.22. The van der Waals surface area contributed by atoms with Crippen molar-refractivity contribution in [2.75, 3.05) is 0 Å². The van der Waals surface area contributed by atoms with E-state index in [2.05, 4.69) is 6.92 Å². The van der Waals surface area contributed by atoms with E-state index in [0.717, 1.165) is 5.92 Å². The monoisotopic (exact) mass is 210 g/mol. The van der Waals surface area contributed by atoms with Gasteiger partial charge in [0, 0.05) is 0 Å². The Balaban J connectivity index is 0. The van der Waals surface area contributed by atoms with Crippen molar-refractivity contribution >= 4 is 12.2 Å². The lowest BCUT2D eigenvalue weighted by Crippen LogP contribution is -2.04. The van der Waals surface area contributed by atoms with E-state index in [-0.39, 0.29) is 0 Å². The molecule has 15 heavy (non-hydrogen) atoms. The van der Waals surface area contributed by atoms with Gasteiger partial charge in [-0.2, -0.15) is 0 Å². The third-order valence-corrected chi connectivity index (χ3v) is 2.42. The Morgan fingerprint density at radius 3 is 1.80 bits per heavy atom. The molecule has 0 saturated heterocycles. The first-order chi connectivity index (χ1) is 7.26. The second kappa shape index (κ2) is 15.2. The molecule has 4 heteroatoms. The third-order valence-electron chi connectivity index (χ3n) is 2.42. The van der Waals surface area contributed by atoms with Crippen LogP contribution in [-0.4, -0.2) is 12.2 Å². The van der Waals surface area contributed by atoms with Crippen molar-refractivity contribution in [2.45, 2.75) is 51.9 Å². The quantitative estimate of drug-likeness (QED) is 0.518. The predicted octanol–water partition coefficient (Wildman–Crippen LogP) is 3.15. The predicted molar refractivity (Wildman–Crippen MR) is 59.6 cm³/mol. The summed E-state index contributed by atoms with van der Waals surface area (Å²) in [4.78, 5) is 16.5. The van der Waals surface area contributed by atoms with E-state index in [9.17, 15) is 0 Å². The normalized spacial score (nSPS) is 14.5. The highest BCUT2D eigenvalue weighted by Gasteiger charge is 2.10. The maximum Gasteiger partial charge on any atom is -0.0159 e. The number of hydrogen-bond donors (Lipinski definition) is 0. The Kier molecular flexibility index (Phi) is 16.5. The van der Waals surface area contributed by atoms with Crippen LogP contribution in [0.1, 0.15) is 51.9 Å². The summed E-state index contributed by atoms with van der Waals surface area (Å²) < 4.78 is 0. The van der Waals surface area contributed by atoms with Crippen LogP contribution in [0.15, 0.2) is 0 Å². The zero-order valence-electron chi connectivity index (χ0n) is 9.24. The van der Waals surface area contributed by atoms with Crippen molar-refractivity contribution in [1.82, 2.24) is 0 Å². The van der Waals surface area contributed by atoms with Crippen molar-refractivity contribution < 1.29 is 9.59 Å². The molecule has 0 radical (unpaired) electrons. The summed E-state index contributed by atoms with van der Waals surface area (Å²) in [6.07, 6.45) is 11.4. The van der Waals surface area contributed by atoms with Crippen LogP contribution in [0.3, 0.4) is 0 Å². The van der Waals surface area contributed by atoms with Crippen LogP contribution < -0.4 is 0 Å². The van der Waals surface area contributed by atoms with Crippen LogP contribution in [0.2, 0.25) is 0 Å². The Morgan fingerprint density at radius 2 is 1.47 bits per heavy atom. The standard InChI is InChI=1S/C9H18.2CNO/c1-2-6-9-7-4-3-5-8-9;2*2-1-3/h9H,2-8H2,1H3;;/q;2*-1. The highest BCUT2D eigenvalue weighted by Crippen LogP contribution is 2.26. The van der Waals surface area contributed by atoms with E-state index < -0.39 is 0 Å². The maximum atomic E-state index is 8.24. The fourth-order valence-corrected chi connectivity index (χ4v) is 1.88. The van der Waals surface area contributed by atoms with E-state index in [1.54, 1.807) is 0 Å². The van der Waals surface area contributed by atoms with Crippen LogP contribution in [0.5, 0.6) is 0 Å². The topological polar surface area (TPSA) is 78.7 Å². The lowest BCUT2D eigenvalue weighted by atomic mass is 9.86. The van der Waals surface area contributed by atoms with Crippen LogP contribution in [-0.2, 0) is 9.59 Å². The fourth-order valence-electron chi connectivity index (χ4n) is 1.88. The molecular weight excluding hydrogens is 192 g/mol. The highest BCUT2D eigenvalue weighted by molar-refractivity contribution is 5.37. The summed E-state index contributed by atoms with van der Waals surface area (Å²) in [7, 11) is 0. The molecule has 0 bridgehead atoms. The van der Waals surface area contributed by atoms with E-state index in [1.165, 1.54) is 44.9 Å². The minimum atomic E-state index is 0.500. The number of isocyanates is 2. The summed E-state index contributed by atoms with van der Waals surface area (Å²) >= 11 is 0. The van der Waals surface area contributed by atoms with Gasteiger partial charge in [0.15, 0.2) is 0 Å². The third kappa shape index (κ3) is 15.5. The molecule has 1 rings (SSSR count). The van der Waals surface area contributed by atoms with Crippen molar-refractivity contribution in [3.63, 3.8) is 0 Å². The Hall–Kier alpha value is -1.24. The molecule has 0 spiro atoms. The molecule has 0 atom stereocenters. The van der Waals surface area contributed by atoms with Gasteiger partial charge in [0.05, 0.1) is 0 Å². The van der Waals surface area contributed by atoms with Gasteiger partial charge in [-0.15, -0.1) is 0 Å². The lowest BCUT2D eigenvalue weighted by Gasteiger charge is -2.20. The molecule has 1 aliphatic rings. The van der Waals surface area contributed by atoms with Gasteiger partial charge in [0.2, 0.25) is 0 Å². The number of nitrogens with zero attached hydrogens (tertiary/aromatic N) is 2. The van der Waals surface area contributed by atoms with E-state index in [0.29, 0.717) is 12.2 Å². The first-order valence-corrected chi connectivity index (χ1v) is 5.29. The van der Waals surface area contributed by atoms with Crippen molar-refractivity contribution in [2.24, 2.45) is 5.92 Å². The molecular formula is C11H18N2O2-2. The molecule has 0 aromatic heterocycles. The maximum absolute atomic E-state index is 8.24. The molecule has 1 saturated carbocycles. The zero-order chi connectivity index (χ0) is 11.9. The van der Waals surface area contributed by atoms with Crippen LogP contribution in [0.25, 0.3) is 10.8 Å².